The van der Waals surface area contributed by atoms with E-state index < -0.39 is 11.7 Å². The zero-order chi connectivity index (χ0) is 23.0. The van der Waals surface area contributed by atoms with Crippen molar-refractivity contribution >= 4 is 28.9 Å². The minimum absolute atomic E-state index is 0.00103. The monoisotopic (exact) mass is 446 g/mol. The maximum absolute atomic E-state index is 13.1. The molecular formula is C25H26ClF3N2. The number of halogens is 4. The summed E-state index contributed by atoms with van der Waals surface area (Å²) in [5.74, 6) is 0.293. The second-order valence-corrected chi connectivity index (χ2v) is 9.16. The number of fused-ring (bicyclic) bond motifs is 1. The van der Waals surface area contributed by atoms with Crippen LogP contribution in [0.15, 0.2) is 36.4 Å². The summed E-state index contributed by atoms with van der Waals surface area (Å²) in [5.41, 5.74) is 2.44. The van der Waals surface area contributed by atoms with Crippen molar-refractivity contribution < 1.29 is 13.2 Å². The maximum Gasteiger partial charge on any atom is 0.416 e. The number of alkyl halides is 3. The van der Waals surface area contributed by atoms with Crippen molar-refractivity contribution in [2.24, 2.45) is 0 Å². The lowest BCUT2D eigenvalue weighted by molar-refractivity contribution is -0.137. The van der Waals surface area contributed by atoms with Gasteiger partial charge in [-0.1, -0.05) is 37.6 Å². The fourth-order valence-electron chi connectivity index (χ4n) is 4.48. The minimum Gasteiger partial charge on any atom is -0.366 e. The highest BCUT2D eigenvalue weighted by atomic mass is 35.5. The molecule has 2 aromatic carbocycles. The standard InChI is InChI=1S/C25H26ClF3N2/c1-5-9-31-23-13-22(26)18(12-21(23)16(2)14-24(31,3)4)10-19(15-30)17-7-6-8-20(11-17)25(27,28)29/h6-8,10-13,16H,5,9,14H2,1-4H3/b19-10+. The quantitative estimate of drug-likeness (QED) is 0.352. The predicted molar refractivity (Wildman–Crippen MR) is 121 cm³/mol. The topological polar surface area (TPSA) is 27.0 Å². The number of nitriles is 1. The van der Waals surface area contributed by atoms with Crippen molar-refractivity contribution in [2.45, 2.75) is 58.2 Å². The van der Waals surface area contributed by atoms with Gasteiger partial charge in [-0.3, -0.25) is 0 Å². The van der Waals surface area contributed by atoms with Gasteiger partial charge in [0, 0.05) is 22.8 Å². The van der Waals surface area contributed by atoms with Crippen LogP contribution in [0.3, 0.4) is 0 Å². The van der Waals surface area contributed by atoms with E-state index >= 15 is 0 Å². The second kappa shape index (κ2) is 8.59. The van der Waals surface area contributed by atoms with Crippen LogP contribution < -0.4 is 4.90 Å². The zero-order valence-corrected chi connectivity index (χ0v) is 18.9. The second-order valence-electron chi connectivity index (χ2n) is 8.75. The number of hydrogen-bond donors (Lipinski definition) is 0. The molecule has 0 amide bonds. The third-order valence-electron chi connectivity index (χ3n) is 5.87. The number of hydrogen-bond acceptors (Lipinski definition) is 2. The van der Waals surface area contributed by atoms with Crippen molar-refractivity contribution in [1.29, 1.82) is 5.26 Å². The molecule has 31 heavy (non-hydrogen) atoms. The van der Waals surface area contributed by atoms with E-state index in [4.69, 9.17) is 11.6 Å². The molecule has 1 unspecified atom stereocenters. The summed E-state index contributed by atoms with van der Waals surface area (Å²) in [7, 11) is 0. The average Bonchev–Trinajstić information content (AvgIpc) is 2.69. The van der Waals surface area contributed by atoms with Gasteiger partial charge in [0.1, 0.15) is 0 Å². The fourth-order valence-corrected chi connectivity index (χ4v) is 4.69. The molecule has 0 aliphatic carbocycles. The molecule has 0 bridgehead atoms. The Kier molecular flexibility index (Phi) is 6.43. The van der Waals surface area contributed by atoms with Gasteiger partial charge in [0.25, 0.3) is 0 Å². The number of anilines is 1. The lowest BCUT2D eigenvalue weighted by Crippen LogP contribution is -2.48. The SMILES string of the molecule is CCCN1c2cc(Cl)c(/C=C(\C#N)c3cccc(C(F)(F)F)c3)cc2C(C)CC1(C)C. The number of nitrogens with zero attached hydrogens (tertiary/aromatic N) is 2. The molecule has 0 spiro atoms. The Labute approximate surface area is 186 Å². The first-order chi connectivity index (χ1) is 14.5. The Morgan fingerprint density at radius 2 is 2.00 bits per heavy atom. The zero-order valence-electron chi connectivity index (χ0n) is 18.1. The Morgan fingerprint density at radius 3 is 2.61 bits per heavy atom. The molecule has 0 N–H and O–H groups in total. The summed E-state index contributed by atoms with van der Waals surface area (Å²) in [6.45, 7) is 9.67. The Hall–Kier alpha value is -2.45. The average molecular weight is 447 g/mol. The minimum atomic E-state index is -4.47. The lowest BCUT2D eigenvalue weighted by Gasteiger charge is -2.47. The first kappa shape index (κ1) is 23.2. The van der Waals surface area contributed by atoms with Crippen LogP contribution in [0.5, 0.6) is 0 Å². The Balaban J connectivity index is 2.09. The molecule has 6 heteroatoms. The Bertz CT molecular complexity index is 1050. The molecule has 1 heterocycles. The van der Waals surface area contributed by atoms with Gasteiger partial charge in [-0.2, -0.15) is 18.4 Å². The summed E-state index contributed by atoms with van der Waals surface area (Å²) in [6.07, 6.45) is -0.909. The van der Waals surface area contributed by atoms with E-state index in [-0.39, 0.29) is 16.7 Å². The first-order valence-corrected chi connectivity index (χ1v) is 10.8. The van der Waals surface area contributed by atoms with Crippen molar-refractivity contribution in [2.75, 3.05) is 11.4 Å². The molecule has 0 saturated heterocycles. The molecule has 0 aromatic heterocycles. The van der Waals surface area contributed by atoms with Crippen molar-refractivity contribution in [3.05, 3.63) is 63.7 Å². The predicted octanol–water partition coefficient (Wildman–Crippen LogP) is 7.93. The fraction of sp³-hybridized carbons (Fsp3) is 0.400. The smallest absolute Gasteiger partial charge is 0.366 e. The van der Waals surface area contributed by atoms with E-state index in [9.17, 15) is 18.4 Å². The highest BCUT2D eigenvalue weighted by Crippen LogP contribution is 2.45. The summed E-state index contributed by atoms with van der Waals surface area (Å²) in [6, 6.07) is 10.7. The van der Waals surface area contributed by atoms with Crippen LogP contribution in [0.2, 0.25) is 5.02 Å². The number of rotatable bonds is 4. The van der Waals surface area contributed by atoms with E-state index in [1.54, 1.807) is 6.08 Å². The van der Waals surface area contributed by atoms with Gasteiger partial charge in [0.05, 0.1) is 17.2 Å². The highest BCUT2D eigenvalue weighted by Gasteiger charge is 2.36. The number of allylic oxidation sites excluding steroid dienone is 1. The molecule has 0 saturated carbocycles. The van der Waals surface area contributed by atoms with Crippen molar-refractivity contribution in [3.63, 3.8) is 0 Å². The van der Waals surface area contributed by atoms with Gasteiger partial charge in [0.2, 0.25) is 0 Å². The molecule has 2 nitrogen and oxygen atoms in total. The van der Waals surface area contributed by atoms with E-state index in [1.807, 2.05) is 18.2 Å². The first-order valence-electron chi connectivity index (χ1n) is 10.4. The van der Waals surface area contributed by atoms with Gasteiger partial charge in [-0.05, 0) is 79.6 Å². The van der Waals surface area contributed by atoms with Gasteiger partial charge >= 0.3 is 6.18 Å². The molecule has 1 atom stereocenters. The van der Waals surface area contributed by atoms with Gasteiger partial charge in [-0.15, -0.1) is 0 Å². The largest absolute Gasteiger partial charge is 0.416 e. The van der Waals surface area contributed by atoms with Gasteiger partial charge < -0.3 is 4.90 Å². The molecule has 1 aliphatic heterocycles. The third-order valence-corrected chi connectivity index (χ3v) is 6.20. The lowest BCUT2D eigenvalue weighted by atomic mass is 9.79. The summed E-state index contributed by atoms with van der Waals surface area (Å²) < 4.78 is 39.3. The number of benzene rings is 2. The Morgan fingerprint density at radius 1 is 1.29 bits per heavy atom. The van der Waals surface area contributed by atoms with Gasteiger partial charge in [0.15, 0.2) is 0 Å². The summed E-state index contributed by atoms with van der Waals surface area (Å²) >= 11 is 6.60. The summed E-state index contributed by atoms with van der Waals surface area (Å²) in [5, 5.41) is 10.1. The molecular weight excluding hydrogens is 421 g/mol. The highest BCUT2D eigenvalue weighted by molar-refractivity contribution is 6.32. The van der Waals surface area contributed by atoms with E-state index in [0.29, 0.717) is 16.5 Å². The molecule has 164 valence electrons. The molecule has 3 rings (SSSR count). The normalized spacial score (nSPS) is 18.5. The van der Waals surface area contributed by atoms with Crippen LogP contribution in [0.25, 0.3) is 11.6 Å². The van der Waals surface area contributed by atoms with Crippen LogP contribution in [-0.4, -0.2) is 12.1 Å². The van der Waals surface area contributed by atoms with E-state index in [2.05, 4.69) is 32.6 Å². The van der Waals surface area contributed by atoms with Crippen LogP contribution in [0.4, 0.5) is 18.9 Å². The van der Waals surface area contributed by atoms with Crippen LogP contribution >= 0.6 is 11.6 Å². The van der Waals surface area contributed by atoms with Crippen LogP contribution in [0, 0.1) is 11.3 Å². The van der Waals surface area contributed by atoms with Crippen LogP contribution in [0.1, 0.15) is 68.7 Å². The third kappa shape index (κ3) is 4.75. The molecule has 0 radical (unpaired) electrons. The molecule has 2 aromatic rings. The van der Waals surface area contributed by atoms with Crippen molar-refractivity contribution in [3.8, 4) is 6.07 Å². The van der Waals surface area contributed by atoms with Gasteiger partial charge in [-0.25, -0.2) is 0 Å². The van der Waals surface area contributed by atoms with Crippen LogP contribution in [-0.2, 0) is 6.18 Å². The van der Waals surface area contributed by atoms with E-state index in [0.717, 1.165) is 42.8 Å². The van der Waals surface area contributed by atoms with Crippen molar-refractivity contribution in [1.82, 2.24) is 0 Å². The molecule has 0 fully saturated rings. The summed E-state index contributed by atoms with van der Waals surface area (Å²) in [4.78, 5) is 2.37. The maximum atomic E-state index is 13.1. The van der Waals surface area contributed by atoms with E-state index in [1.165, 1.54) is 12.1 Å². The molecule has 1 aliphatic rings.